The van der Waals surface area contributed by atoms with Crippen LogP contribution in [-0.4, -0.2) is 106 Å². The van der Waals surface area contributed by atoms with Gasteiger partial charge < -0.3 is 34.4 Å². The lowest BCUT2D eigenvalue weighted by molar-refractivity contribution is 0.0230. The van der Waals surface area contributed by atoms with Crippen LogP contribution in [0.1, 0.15) is 52.0 Å². The van der Waals surface area contributed by atoms with E-state index in [1.807, 2.05) is 71.9 Å². The summed E-state index contributed by atoms with van der Waals surface area (Å²) in [6, 6.07) is 12.8. The molecule has 13 nitrogen and oxygen atoms in total. The summed E-state index contributed by atoms with van der Waals surface area (Å²) in [5.74, 6) is 0.401. The van der Waals surface area contributed by atoms with Crippen LogP contribution in [0.3, 0.4) is 0 Å². The normalized spacial score (nSPS) is 15.7. The minimum Gasteiger partial charge on any atom is -0.444 e. The molecule has 3 amide bonds. The van der Waals surface area contributed by atoms with Gasteiger partial charge in [-0.15, -0.1) is 0 Å². The van der Waals surface area contributed by atoms with E-state index in [0.717, 1.165) is 11.5 Å². The molecular formula is C34H44N8O5. The lowest BCUT2D eigenvalue weighted by Gasteiger charge is -2.37. The van der Waals surface area contributed by atoms with Crippen LogP contribution in [-0.2, 0) is 9.47 Å². The maximum atomic E-state index is 13.4. The van der Waals surface area contributed by atoms with Gasteiger partial charge in [-0.05, 0) is 71.9 Å². The second-order valence-electron chi connectivity index (χ2n) is 13.5. The largest absolute Gasteiger partial charge is 0.444 e. The van der Waals surface area contributed by atoms with Crippen molar-refractivity contribution in [2.24, 2.45) is 0 Å². The number of ether oxygens (including phenoxy) is 2. The summed E-state index contributed by atoms with van der Waals surface area (Å²) in [7, 11) is 0. The van der Waals surface area contributed by atoms with Crippen LogP contribution < -0.4 is 15.1 Å². The van der Waals surface area contributed by atoms with Crippen LogP contribution in [0, 0.1) is 0 Å². The topological polar surface area (TPSA) is 133 Å². The van der Waals surface area contributed by atoms with Crippen molar-refractivity contribution in [2.75, 3.05) is 67.5 Å². The van der Waals surface area contributed by atoms with Gasteiger partial charge >= 0.3 is 12.2 Å². The van der Waals surface area contributed by atoms with Gasteiger partial charge in [0, 0.05) is 58.6 Å². The van der Waals surface area contributed by atoms with E-state index in [-0.39, 0.29) is 23.8 Å². The summed E-state index contributed by atoms with van der Waals surface area (Å²) in [5, 5.41) is 2.98. The molecule has 3 aromatic heterocycles. The van der Waals surface area contributed by atoms with Crippen LogP contribution in [0.4, 0.5) is 26.8 Å². The molecule has 5 heterocycles. The molecule has 2 saturated heterocycles. The summed E-state index contributed by atoms with van der Waals surface area (Å²) in [4.78, 5) is 59.8. The zero-order valence-electron chi connectivity index (χ0n) is 28.0. The van der Waals surface area contributed by atoms with Crippen molar-refractivity contribution in [1.29, 1.82) is 0 Å². The zero-order valence-corrected chi connectivity index (χ0v) is 28.0. The van der Waals surface area contributed by atoms with E-state index >= 15 is 0 Å². The average Bonchev–Trinajstić information content (AvgIpc) is 3.04. The second kappa shape index (κ2) is 13.8. The Labute approximate surface area is 275 Å². The summed E-state index contributed by atoms with van der Waals surface area (Å²) in [5.41, 5.74) is 1.72. The van der Waals surface area contributed by atoms with Crippen molar-refractivity contribution in [1.82, 2.24) is 24.8 Å². The molecule has 0 unspecified atom stereocenters. The van der Waals surface area contributed by atoms with E-state index in [1.54, 1.807) is 34.3 Å². The molecule has 1 N–H and O–H groups in total. The fourth-order valence-electron chi connectivity index (χ4n) is 5.29. The Morgan fingerprint density at radius 3 is 1.79 bits per heavy atom. The van der Waals surface area contributed by atoms with Gasteiger partial charge in [-0.25, -0.2) is 19.6 Å². The van der Waals surface area contributed by atoms with Crippen LogP contribution >= 0.6 is 0 Å². The molecule has 47 heavy (non-hydrogen) atoms. The molecular weight excluding hydrogens is 600 g/mol. The highest BCUT2D eigenvalue weighted by atomic mass is 16.6. The first-order chi connectivity index (χ1) is 22.3. The number of carbonyl (C=O) groups is 3. The van der Waals surface area contributed by atoms with Crippen LogP contribution in [0.25, 0.3) is 11.4 Å². The third-order valence-electron chi connectivity index (χ3n) is 7.55. The van der Waals surface area contributed by atoms with Crippen molar-refractivity contribution in [3.05, 3.63) is 60.6 Å². The molecule has 0 saturated carbocycles. The Hall–Kier alpha value is -4.94. The first-order valence-corrected chi connectivity index (χ1v) is 15.9. The van der Waals surface area contributed by atoms with Crippen molar-refractivity contribution in [2.45, 2.75) is 52.7 Å². The fourth-order valence-corrected chi connectivity index (χ4v) is 5.29. The molecule has 3 aromatic rings. The predicted molar refractivity (Wildman–Crippen MR) is 180 cm³/mol. The van der Waals surface area contributed by atoms with Crippen molar-refractivity contribution >= 4 is 35.3 Å². The van der Waals surface area contributed by atoms with Gasteiger partial charge in [0.05, 0.1) is 29.0 Å². The van der Waals surface area contributed by atoms with E-state index in [2.05, 4.69) is 25.1 Å². The highest BCUT2D eigenvalue weighted by molar-refractivity contribution is 6.04. The molecule has 0 radical (unpaired) electrons. The lowest BCUT2D eigenvalue weighted by atomic mass is 10.2. The summed E-state index contributed by atoms with van der Waals surface area (Å²) in [6.45, 7) is 15.6. The molecule has 0 spiro atoms. The molecule has 0 bridgehead atoms. The quantitative estimate of drug-likeness (QED) is 0.409. The van der Waals surface area contributed by atoms with Crippen molar-refractivity contribution in [3.63, 3.8) is 0 Å². The second-order valence-corrected chi connectivity index (χ2v) is 13.5. The third-order valence-corrected chi connectivity index (χ3v) is 7.55. The monoisotopic (exact) mass is 644 g/mol. The van der Waals surface area contributed by atoms with Gasteiger partial charge in [0.25, 0.3) is 5.91 Å². The highest BCUT2D eigenvalue weighted by Gasteiger charge is 2.28. The number of hydrogen-bond donors (Lipinski definition) is 1. The summed E-state index contributed by atoms with van der Waals surface area (Å²) < 4.78 is 11.0. The number of amides is 3. The van der Waals surface area contributed by atoms with Crippen LogP contribution in [0.5, 0.6) is 0 Å². The van der Waals surface area contributed by atoms with Gasteiger partial charge in [0.2, 0.25) is 0 Å². The Morgan fingerprint density at radius 2 is 1.21 bits per heavy atom. The first-order valence-electron chi connectivity index (χ1n) is 15.9. The van der Waals surface area contributed by atoms with Gasteiger partial charge in [-0.2, -0.15) is 0 Å². The number of hydrogen-bond acceptors (Lipinski definition) is 10. The third kappa shape index (κ3) is 8.87. The predicted octanol–water partition coefficient (Wildman–Crippen LogP) is 4.91. The van der Waals surface area contributed by atoms with E-state index < -0.39 is 11.2 Å². The first kappa shape index (κ1) is 33.4. The number of nitrogens with one attached hydrogen (secondary N) is 1. The van der Waals surface area contributed by atoms with Crippen molar-refractivity contribution < 1.29 is 23.9 Å². The highest BCUT2D eigenvalue weighted by Crippen LogP contribution is 2.27. The van der Waals surface area contributed by atoms with Crippen molar-refractivity contribution in [3.8, 4) is 11.4 Å². The Kier molecular flexibility index (Phi) is 9.83. The Bertz CT molecular complexity index is 1590. The lowest BCUT2D eigenvalue weighted by Crippen LogP contribution is -2.50. The van der Waals surface area contributed by atoms with Gasteiger partial charge in [0.15, 0.2) is 0 Å². The van der Waals surface area contributed by atoms with Gasteiger partial charge in [-0.3, -0.25) is 9.78 Å². The molecule has 0 aromatic carbocycles. The van der Waals surface area contributed by atoms with E-state index in [9.17, 15) is 14.4 Å². The van der Waals surface area contributed by atoms with E-state index in [4.69, 9.17) is 14.5 Å². The minimum absolute atomic E-state index is 0.241. The number of anilines is 3. The zero-order chi connectivity index (χ0) is 33.8. The maximum absolute atomic E-state index is 13.4. The smallest absolute Gasteiger partial charge is 0.410 e. The van der Waals surface area contributed by atoms with Gasteiger partial charge in [0.1, 0.15) is 22.7 Å². The number of carbonyl (C=O) groups excluding carboxylic acids is 3. The Balaban J connectivity index is 1.22. The average molecular weight is 645 g/mol. The Morgan fingerprint density at radius 1 is 0.681 bits per heavy atom. The minimum atomic E-state index is -0.554. The van der Waals surface area contributed by atoms with E-state index in [0.29, 0.717) is 69.4 Å². The fraction of sp³-hybridized carbons (Fsp3) is 0.471. The molecule has 13 heteroatoms. The molecule has 0 aliphatic carbocycles. The van der Waals surface area contributed by atoms with Crippen LogP contribution in [0.15, 0.2) is 54.9 Å². The molecule has 2 fully saturated rings. The summed E-state index contributed by atoms with van der Waals surface area (Å²) >= 11 is 0. The molecule has 0 atom stereocenters. The van der Waals surface area contributed by atoms with Gasteiger partial charge in [-0.1, -0.05) is 12.1 Å². The SMILES string of the molecule is CC(C)(C)OC(=O)N1CCN(c2cccc(-c3cccc(C(=O)Nc4cnccc4N4CCN(C(=O)OC(C)(C)C)CC4)n3)n2)CC1. The number of rotatable bonds is 5. The maximum Gasteiger partial charge on any atom is 0.410 e. The number of nitrogens with zero attached hydrogens (tertiary/aromatic N) is 7. The molecule has 250 valence electrons. The molecule has 2 aliphatic rings. The number of pyridine rings is 3. The molecule has 5 rings (SSSR count). The molecule has 2 aliphatic heterocycles. The standard InChI is InChI=1S/C34H44N8O5/c1-33(2,3)46-31(44)41-19-15-39(16-20-41)28-13-14-35-23-27(28)38-30(43)26-11-7-9-24(36-26)25-10-8-12-29(37-25)40-17-21-42(22-18-40)32(45)47-34(4,5)6/h7-14,23H,15-22H2,1-6H3,(H,38,43). The number of aromatic nitrogens is 3. The van der Waals surface area contributed by atoms with E-state index in [1.165, 1.54) is 0 Å². The number of piperazine rings is 2. The van der Waals surface area contributed by atoms with Crippen LogP contribution in [0.2, 0.25) is 0 Å². The summed E-state index contributed by atoms with van der Waals surface area (Å²) in [6.07, 6.45) is 2.66.